The van der Waals surface area contributed by atoms with Crippen molar-refractivity contribution < 1.29 is 0 Å². The Bertz CT molecular complexity index is 153. The first kappa shape index (κ1) is 5.28. The molecule has 0 fully saturated rings. The summed E-state index contributed by atoms with van der Waals surface area (Å²) < 4.78 is 0. The van der Waals surface area contributed by atoms with Crippen molar-refractivity contribution >= 4 is 0 Å². The highest BCUT2D eigenvalue weighted by Crippen LogP contribution is 2.33. The van der Waals surface area contributed by atoms with Crippen molar-refractivity contribution in [3.05, 3.63) is 24.3 Å². The van der Waals surface area contributed by atoms with Crippen LogP contribution in [-0.2, 0) is 0 Å². The first-order chi connectivity index (χ1) is 4.47. The van der Waals surface area contributed by atoms with Crippen LogP contribution in [0.1, 0.15) is 19.3 Å². The summed E-state index contributed by atoms with van der Waals surface area (Å²) in [4.78, 5) is 0. The fourth-order valence-electron chi connectivity index (χ4n) is 1.82. The second-order valence-corrected chi connectivity index (χ2v) is 3.00. The molecule has 2 unspecified atom stereocenters. The molecule has 0 aromatic carbocycles. The predicted octanol–water partition coefficient (Wildman–Crippen LogP) is 2.53. The molecule has 0 heterocycles. The van der Waals surface area contributed by atoms with Crippen LogP contribution in [0, 0.1) is 11.8 Å². The molecule has 0 saturated heterocycles. The van der Waals surface area contributed by atoms with Crippen LogP contribution in [-0.4, -0.2) is 0 Å². The maximum atomic E-state index is 2.38. The van der Waals surface area contributed by atoms with Crippen molar-refractivity contribution in [1.29, 1.82) is 0 Å². The summed E-state index contributed by atoms with van der Waals surface area (Å²) in [6, 6.07) is 0. The Morgan fingerprint density at radius 3 is 2.78 bits per heavy atom. The highest BCUT2D eigenvalue weighted by molar-refractivity contribution is 5.11. The smallest absolute Gasteiger partial charge is 0.0136 e. The summed E-state index contributed by atoms with van der Waals surface area (Å²) in [5.74, 6) is 1.77. The molecular weight excluding hydrogens is 108 g/mol. The second-order valence-electron chi connectivity index (χ2n) is 3.00. The Labute approximate surface area is 56.3 Å². The molecule has 0 spiro atoms. The Morgan fingerprint density at radius 2 is 1.89 bits per heavy atom. The minimum Gasteiger partial charge on any atom is -0.0882 e. The van der Waals surface area contributed by atoms with E-state index in [2.05, 4.69) is 24.3 Å². The van der Waals surface area contributed by atoms with Gasteiger partial charge in [-0.15, -0.1) is 0 Å². The van der Waals surface area contributed by atoms with Crippen LogP contribution in [0.3, 0.4) is 0 Å². The third-order valence-electron chi connectivity index (χ3n) is 2.39. The lowest BCUT2D eigenvalue weighted by molar-refractivity contribution is 0.459. The SMILES string of the molecule is C1=CC2CC=CC2CC1. The first-order valence-corrected chi connectivity index (χ1v) is 3.80. The van der Waals surface area contributed by atoms with Crippen LogP contribution in [0.15, 0.2) is 24.3 Å². The van der Waals surface area contributed by atoms with E-state index < -0.39 is 0 Å². The van der Waals surface area contributed by atoms with E-state index in [0.29, 0.717) is 0 Å². The van der Waals surface area contributed by atoms with Crippen molar-refractivity contribution in [2.45, 2.75) is 19.3 Å². The zero-order valence-corrected chi connectivity index (χ0v) is 5.59. The molecule has 0 aliphatic heterocycles. The highest BCUT2D eigenvalue weighted by atomic mass is 14.3. The van der Waals surface area contributed by atoms with E-state index in [-0.39, 0.29) is 0 Å². The fourth-order valence-corrected chi connectivity index (χ4v) is 1.82. The lowest BCUT2D eigenvalue weighted by Crippen LogP contribution is -2.07. The number of allylic oxidation sites excluding steroid dienone is 4. The molecule has 2 rings (SSSR count). The first-order valence-electron chi connectivity index (χ1n) is 3.80. The highest BCUT2D eigenvalue weighted by Gasteiger charge is 2.21. The number of hydrogen-bond donors (Lipinski definition) is 0. The lowest BCUT2D eigenvalue weighted by atomic mass is 9.87. The fraction of sp³-hybridized carbons (Fsp3) is 0.556. The zero-order chi connectivity index (χ0) is 6.10. The van der Waals surface area contributed by atoms with Gasteiger partial charge in [-0.25, -0.2) is 0 Å². The predicted molar refractivity (Wildman–Crippen MR) is 39.1 cm³/mol. The quantitative estimate of drug-likeness (QED) is 0.431. The molecule has 0 bridgehead atoms. The van der Waals surface area contributed by atoms with Crippen LogP contribution in [0.25, 0.3) is 0 Å². The van der Waals surface area contributed by atoms with Gasteiger partial charge in [0, 0.05) is 0 Å². The van der Waals surface area contributed by atoms with E-state index >= 15 is 0 Å². The summed E-state index contributed by atoms with van der Waals surface area (Å²) in [7, 11) is 0. The lowest BCUT2D eigenvalue weighted by Gasteiger charge is -2.18. The van der Waals surface area contributed by atoms with Crippen molar-refractivity contribution in [3.63, 3.8) is 0 Å². The standard InChI is InChI=1S/C9H12/c1-2-5-9-7-3-6-8(9)4-1/h1,3-4,7-9H,2,5-6H2. The molecule has 2 aliphatic rings. The molecule has 0 nitrogen and oxygen atoms in total. The number of rotatable bonds is 0. The minimum absolute atomic E-state index is 0.874. The van der Waals surface area contributed by atoms with Gasteiger partial charge < -0.3 is 0 Å². The van der Waals surface area contributed by atoms with E-state index in [9.17, 15) is 0 Å². The maximum absolute atomic E-state index is 2.38. The molecule has 0 radical (unpaired) electrons. The van der Waals surface area contributed by atoms with Crippen LogP contribution < -0.4 is 0 Å². The second kappa shape index (κ2) is 2.02. The van der Waals surface area contributed by atoms with Gasteiger partial charge in [0.25, 0.3) is 0 Å². The van der Waals surface area contributed by atoms with Gasteiger partial charge in [0.15, 0.2) is 0 Å². The van der Waals surface area contributed by atoms with Gasteiger partial charge in [-0.2, -0.15) is 0 Å². The normalized spacial score (nSPS) is 39.1. The third-order valence-corrected chi connectivity index (χ3v) is 2.39. The van der Waals surface area contributed by atoms with E-state index in [1.807, 2.05) is 0 Å². The third kappa shape index (κ3) is 0.827. The van der Waals surface area contributed by atoms with Gasteiger partial charge in [-0.3, -0.25) is 0 Å². The summed E-state index contributed by atoms with van der Waals surface area (Å²) in [5, 5.41) is 0. The van der Waals surface area contributed by atoms with E-state index in [4.69, 9.17) is 0 Å². The van der Waals surface area contributed by atoms with Gasteiger partial charge in [0.2, 0.25) is 0 Å². The molecule has 0 amide bonds. The van der Waals surface area contributed by atoms with E-state index in [0.717, 1.165) is 11.8 Å². The maximum Gasteiger partial charge on any atom is -0.0136 e. The van der Waals surface area contributed by atoms with Crippen LogP contribution in [0.4, 0.5) is 0 Å². The van der Waals surface area contributed by atoms with Gasteiger partial charge in [-0.05, 0) is 31.1 Å². The summed E-state index contributed by atoms with van der Waals surface area (Å²) >= 11 is 0. The monoisotopic (exact) mass is 120 g/mol. The number of hydrogen-bond acceptors (Lipinski definition) is 0. The molecule has 0 heteroatoms. The molecule has 9 heavy (non-hydrogen) atoms. The minimum atomic E-state index is 0.874. The van der Waals surface area contributed by atoms with E-state index in [1.54, 1.807) is 0 Å². The topological polar surface area (TPSA) is 0 Å². The van der Waals surface area contributed by atoms with Crippen molar-refractivity contribution in [1.82, 2.24) is 0 Å². The van der Waals surface area contributed by atoms with Gasteiger partial charge >= 0.3 is 0 Å². The van der Waals surface area contributed by atoms with Crippen LogP contribution in [0.2, 0.25) is 0 Å². The van der Waals surface area contributed by atoms with Crippen molar-refractivity contribution in [2.24, 2.45) is 11.8 Å². The van der Waals surface area contributed by atoms with Crippen LogP contribution >= 0.6 is 0 Å². The molecule has 2 atom stereocenters. The molecular formula is C9H12. The van der Waals surface area contributed by atoms with Crippen molar-refractivity contribution in [2.75, 3.05) is 0 Å². The molecule has 2 aliphatic carbocycles. The molecule has 0 aromatic rings. The average Bonchev–Trinajstić information content (AvgIpc) is 2.33. The molecule has 0 N–H and O–H groups in total. The largest absolute Gasteiger partial charge is 0.0882 e. The zero-order valence-electron chi connectivity index (χ0n) is 5.59. The Hall–Kier alpha value is -0.520. The summed E-state index contributed by atoms with van der Waals surface area (Å²) in [6.45, 7) is 0. The number of fused-ring (bicyclic) bond motifs is 1. The van der Waals surface area contributed by atoms with E-state index in [1.165, 1.54) is 19.3 Å². The van der Waals surface area contributed by atoms with Gasteiger partial charge in [0.05, 0.1) is 0 Å². The molecule has 0 saturated carbocycles. The Kier molecular flexibility index (Phi) is 1.18. The Morgan fingerprint density at radius 1 is 1.00 bits per heavy atom. The molecule has 0 aromatic heterocycles. The Balaban J connectivity index is 2.16. The van der Waals surface area contributed by atoms with Gasteiger partial charge in [0.1, 0.15) is 0 Å². The van der Waals surface area contributed by atoms with Crippen LogP contribution in [0.5, 0.6) is 0 Å². The summed E-state index contributed by atoms with van der Waals surface area (Å²) in [5.41, 5.74) is 0. The van der Waals surface area contributed by atoms with Crippen molar-refractivity contribution in [3.8, 4) is 0 Å². The summed E-state index contributed by atoms with van der Waals surface area (Å²) in [6.07, 6.45) is 13.4. The average molecular weight is 120 g/mol. The van der Waals surface area contributed by atoms with Gasteiger partial charge in [-0.1, -0.05) is 24.3 Å². The molecule has 48 valence electrons.